The predicted octanol–water partition coefficient (Wildman–Crippen LogP) is 2.36. The lowest BCUT2D eigenvalue weighted by atomic mass is 10.1. The van der Waals surface area contributed by atoms with Crippen LogP contribution >= 0.6 is 0 Å². The van der Waals surface area contributed by atoms with Gasteiger partial charge in [0, 0.05) is 18.9 Å². The van der Waals surface area contributed by atoms with Crippen LogP contribution in [-0.4, -0.2) is 25.1 Å². The lowest BCUT2D eigenvalue weighted by Crippen LogP contribution is -2.14. The average molecular weight is 275 g/mol. The third-order valence-electron chi connectivity index (χ3n) is 2.92. The van der Waals surface area contributed by atoms with Crippen molar-refractivity contribution >= 4 is 23.0 Å². The van der Waals surface area contributed by atoms with E-state index in [1.165, 1.54) is 13.2 Å². The monoisotopic (exact) mass is 275 g/mol. The molecule has 0 spiro atoms. The molecule has 2 N–H and O–H groups in total. The Labute approximate surface area is 115 Å². The van der Waals surface area contributed by atoms with E-state index >= 15 is 0 Å². The van der Waals surface area contributed by atoms with Gasteiger partial charge in [-0.15, -0.1) is 0 Å². The Hall–Kier alpha value is -2.63. The first-order valence-corrected chi connectivity index (χ1v) is 5.85. The van der Waals surface area contributed by atoms with E-state index in [1.807, 2.05) is 0 Å². The molecule has 0 amide bonds. The van der Waals surface area contributed by atoms with Gasteiger partial charge in [-0.3, -0.25) is 4.98 Å². The van der Waals surface area contributed by atoms with E-state index in [4.69, 9.17) is 5.73 Å². The number of methoxy groups -OCH3 is 1. The molecule has 0 atom stereocenters. The van der Waals surface area contributed by atoms with Gasteiger partial charge < -0.3 is 15.4 Å². The van der Waals surface area contributed by atoms with Crippen molar-refractivity contribution < 1.29 is 13.9 Å². The number of anilines is 3. The molecule has 0 aliphatic rings. The van der Waals surface area contributed by atoms with E-state index in [1.54, 1.807) is 36.5 Å². The number of hydrogen-bond acceptors (Lipinski definition) is 5. The van der Waals surface area contributed by atoms with Crippen molar-refractivity contribution in [2.75, 3.05) is 24.8 Å². The molecule has 0 radical (unpaired) electrons. The highest BCUT2D eigenvalue weighted by Crippen LogP contribution is 2.29. The fourth-order valence-corrected chi connectivity index (χ4v) is 1.81. The molecule has 104 valence electrons. The lowest BCUT2D eigenvalue weighted by Gasteiger charge is -2.20. The number of esters is 1. The fraction of sp³-hybridized carbons (Fsp3) is 0.143. The van der Waals surface area contributed by atoms with Crippen LogP contribution < -0.4 is 10.6 Å². The second-order valence-electron chi connectivity index (χ2n) is 4.15. The van der Waals surface area contributed by atoms with Gasteiger partial charge in [-0.1, -0.05) is 0 Å². The summed E-state index contributed by atoms with van der Waals surface area (Å²) in [7, 11) is 2.92. The zero-order valence-electron chi connectivity index (χ0n) is 11.1. The zero-order chi connectivity index (χ0) is 14.7. The molecule has 0 saturated heterocycles. The summed E-state index contributed by atoms with van der Waals surface area (Å²) in [5.74, 6) is -1.13. The van der Waals surface area contributed by atoms with Crippen molar-refractivity contribution in [1.29, 1.82) is 0 Å². The number of aromatic nitrogens is 1. The largest absolute Gasteiger partial charge is 0.465 e. The second-order valence-corrected chi connectivity index (χ2v) is 4.15. The molecule has 0 bridgehead atoms. The van der Waals surface area contributed by atoms with Crippen LogP contribution in [-0.2, 0) is 4.74 Å². The summed E-state index contributed by atoms with van der Waals surface area (Å²) in [4.78, 5) is 17.2. The van der Waals surface area contributed by atoms with Crippen molar-refractivity contribution in [3.05, 3.63) is 48.0 Å². The van der Waals surface area contributed by atoms with Crippen LogP contribution in [0.4, 0.5) is 21.5 Å². The molecule has 0 saturated carbocycles. The summed E-state index contributed by atoms with van der Waals surface area (Å²) in [5.41, 5.74) is 6.70. The molecule has 1 heterocycles. The van der Waals surface area contributed by atoms with Crippen LogP contribution in [0.15, 0.2) is 36.7 Å². The van der Waals surface area contributed by atoms with Crippen molar-refractivity contribution in [1.82, 2.24) is 4.98 Å². The number of carbonyl (C=O) groups is 1. The Kier molecular flexibility index (Phi) is 3.84. The zero-order valence-corrected chi connectivity index (χ0v) is 11.1. The third kappa shape index (κ3) is 2.54. The van der Waals surface area contributed by atoms with Gasteiger partial charge in [-0.05, 0) is 24.3 Å². The van der Waals surface area contributed by atoms with Gasteiger partial charge in [-0.2, -0.15) is 0 Å². The number of nitrogens with two attached hydrogens (primary N) is 1. The molecular formula is C14H14FN3O2. The fourth-order valence-electron chi connectivity index (χ4n) is 1.81. The van der Waals surface area contributed by atoms with Crippen LogP contribution in [0, 0.1) is 5.82 Å². The van der Waals surface area contributed by atoms with Crippen LogP contribution in [0.3, 0.4) is 0 Å². The van der Waals surface area contributed by atoms with Gasteiger partial charge in [0.15, 0.2) is 0 Å². The van der Waals surface area contributed by atoms with Gasteiger partial charge in [0.2, 0.25) is 0 Å². The maximum atomic E-state index is 14.0. The molecule has 5 nitrogen and oxygen atoms in total. The maximum absolute atomic E-state index is 14.0. The summed E-state index contributed by atoms with van der Waals surface area (Å²) in [6.07, 6.45) is 3.21. The summed E-state index contributed by atoms with van der Waals surface area (Å²) < 4.78 is 18.7. The minimum atomic E-state index is -0.608. The third-order valence-corrected chi connectivity index (χ3v) is 2.92. The summed E-state index contributed by atoms with van der Waals surface area (Å²) in [5, 5.41) is 0. The Morgan fingerprint density at radius 2 is 2.20 bits per heavy atom. The van der Waals surface area contributed by atoms with E-state index in [0.717, 1.165) is 6.07 Å². The van der Waals surface area contributed by atoms with Crippen molar-refractivity contribution in [3.8, 4) is 0 Å². The van der Waals surface area contributed by atoms with Crippen molar-refractivity contribution in [2.24, 2.45) is 0 Å². The maximum Gasteiger partial charge on any atom is 0.340 e. The lowest BCUT2D eigenvalue weighted by molar-refractivity contribution is 0.0602. The smallest absolute Gasteiger partial charge is 0.340 e. The molecule has 1 aromatic carbocycles. The standard InChI is InChI=1S/C14H14FN3O2/c1-18(9-4-3-5-17-8-9)13-6-10(14(19)20-2)12(16)7-11(13)15/h3-8H,16H2,1-2H3. The molecule has 2 rings (SSSR count). The highest BCUT2D eigenvalue weighted by Gasteiger charge is 2.17. The van der Waals surface area contributed by atoms with Crippen LogP contribution in [0.2, 0.25) is 0 Å². The minimum Gasteiger partial charge on any atom is -0.465 e. The van der Waals surface area contributed by atoms with Gasteiger partial charge in [-0.25, -0.2) is 9.18 Å². The number of nitrogen functional groups attached to an aromatic ring is 1. The van der Waals surface area contributed by atoms with E-state index in [2.05, 4.69) is 9.72 Å². The predicted molar refractivity (Wildman–Crippen MR) is 74.5 cm³/mol. The SMILES string of the molecule is COC(=O)c1cc(N(C)c2cccnc2)c(F)cc1N. The number of nitrogens with zero attached hydrogens (tertiary/aromatic N) is 2. The normalized spacial score (nSPS) is 10.2. The number of halogens is 1. The molecule has 0 aliphatic carbocycles. The quantitative estimate of drug-likeness (QED) is 0.688. The number of benzene rings is 1. The molecule has 0 unspecified atom stereocenters. The van der Waals surface area contributed by atoms with E-state index in [0.29, 0.717) is 5.69 Å². The Morgan fingerprint density at radius 1 is 1.45 bits per heavy atom. The van der Waals surface area contributed by atoms with Gasteiger partial charge in [0.1, 0.15) is 5.82 Å². The number of rotatable bonds is 3. The molecule has 0 fully saturated rings. The average Bonchev–Trinajstić information content (AvgIpc) is 2.47. The Bertz CT molecular complexity index is 632. The van der Waals surface area contributed by atoms with Crippen molar-refractivity contribution in [3.63, 3.8) is 0 Å². The number of pyridine rings is 1. The number of carbonyl (C=O) groups excluding carboxylic acids is 1. The summed E-state index contributed by atoms with van der Waals surface area (Å²) in [6, 6.07) is 5.99. The second kappa shape index (κ2) is 5.56. The topological polar surface area (TPSA) is 68.5 Å². The van der Waals surface area contributed by atoms with Crippen LogP contribution in [0.25, 0.3) is 0 Å². The molecule has 6 heteroatoms. The molecule has 0 aliphatic heterocycles. The number of hydrogen-bond donors (Lipinski definition) is 1. The molecular weight excluding hydrogens is 261 g/mol. The van der Waals surface area contributed by atoms with Gasteiger partial charge in [0.25, 0.3) is 0 Å². The van der Waals surface area contributed by atoms with E-state index in [-0.39, 0.29) is 16.9 Å². The first-order valence-electron chi connectivity index (χ1n) is 5.85. The van der Waals surface area contributed by atoms with Gasteiger partial charge in [0.05, 0.1) is 30.2 Å². The van der Waals surface area contributed by atoms with E-state index < -0.39 is 11.8 Å². The van der Waals surface area contributed by atoms with E-state index in [9.17, 15) is 9.18 Å². The number of ether oxygens (including phenoxy) is 1. The summed E-state index contributed by atoms with van der Waals surface area (Å²) in [6.45, 7) is 0. The minimum absolute atomic E-state index is 0.0395. The first-order chi connectivity index (χ1) is 9.54. The first kappa shape index (κ1) is 13.8. The molecule has 2 aromatic rings. The van der Waals surface area contributed by atoms with Gasteiger partial charge >= 0.3 is 5.97 Å². The molecule has 1 aromatic heterocycles. The van der Waals surface area contributed by atoms with Crippen LogP contribution in [0.5, 0.6) is 0 Å². The molecule has 20 heavy (non-hydrogen) atoms. The summed E-state index contributed by atoms with van der Waals surface area (Å²) >= 11 is 0. The Morgan fingerprint density at radius 3 is 2.80 bits per heavy atom. The Balaban J connectivity index is 2.49. The van der Waals surface area contributed by atoms with Crippen molar-refractivity contribution in [2.45, 2.75) is 0 Å². The van der Waals surface area contributed by atoms with Crippen LogP contribution in [0.1, 0.15) is 10.4 Å². The highest BCUT2D eigenvalue weighted by molar-refractivity contribution is 5.96. The highest BCUT2D eigenvalue weighted by atomic mass is 19.1.